The van der Waals surface area contributed by atoms with Crippen molar-refractivity contribution < 1.29 is 5.73 Å². The van der Waals surface area contributed by atoms with E-state index in [1.165, 1.54) is 48.0 Å². The van der Waals surface area contributed by atoms with Crippen LogP contribution in [0.4, 0.5) is 0 Å². The summed E-state index contributed by atoms with van der Waals surface area (Å²) < 4.78 is 2.50. The van der Waals surface area contributed by atoms with Gasteiger partial charge in [-0.05, 0) is 30.9 Å². The summed E-state index contributed by atoms with van der Waals surface area (Å²) in [6, 6.07) is 6.77. The molecule has 1 aliphatic rings. The number of hydrogen-bond acceptors (Lipinski definition) is 0. The van der Waals surface area contributed by atoms with Crippen LogP contribution in [-0.4, -0.2) is 11.1 Å². The largest absolute Gasteiger partial charge is 0.358 e. The molecule has 0 bridgehead atoms. The van der Waals surface area contributed by atoms with Crippen molar-refractivity contribution in [3.63, 3.8) is 0 Å². The minimum Gasteiger partial charge on any atom is -0.358 e. The zero-order valence-electron chi connectivity index (χ0n) is 9.92. The fraction of sp³-hybridized carbons (Fsp3) is 0.429. The van der Waals surface area contributed by atoms with Gasteiger partial charge in [0.05, 0.1) is 12.1 Å². The molecule has 1 aromatic carbocycles. The highest BCUT2D eigenvalue weighted by molar-refractivity contribution is 5.89. The molecular weight excluding hydrogens is 196 g/mol. The Bertz CT molecular complexity index is 537. The molecule has 0 amide bonds. The van der Waals surface area contributed by atoms with Crippen LogP contribution in [-0.2, 0) is 19.4 Å². The lowest BCUT2D eigenvalue weighted by molar-refractivity contribution is -0.368. The third-order valence-corrected chi connectivity index (χ3v) is 3.84. The van der Waals surface area contributed by atoms with Gasteiger partial charge in [-0.15, -0.1) is 0 Å². The van der Waals surface area contributed by atoms with Crippen LogP contribution in [0.3, 0.4) is 0 Å². The van der Waals surface area contributed by atoms with Crippen LogP contribution in [0.2, 0.25) is 0 Å². The van der Waals surface area contributed by atoms with Crippen LogP contribution >= 0.6 is 0 Å². The second-order valence-corrected chi connectivity index (χ2v) is 4.74. The minimum atomic E-state index is 1.03. The van der Waals surface area contributed by atoms with Gasteiger partial charge in [-0.2, -0.15) is 0 Å². The van der Waals surface area contributed by atoms with Gasteiger partial charge in [0.15, 0.2) is 0 Å². The molecule has 1 aliphatic heterocycles. The van der Waals surface area contributed by atoms with Crippen molar-refractivity contribution in [2.45, 2.75) is 32.7 Å². The molecule has 2 aromatic rings. The van der Waals surface area contributed by atoms with Gasteiger partial charge in [0.2, 0.25) is 0 Å². The first kappa shape index (κ1) is 9.91. The molecule has 0 saturated heterocycles. The fourth-order valence-corrected chi connectivity index (χ4v) is 3.01. The van der Waals surface area contributed by atoms with Crippen molar-refractivity contribution in [3.8, 4) is 0 Å². The Morgan fingerprint density at radius 3 is 3.06 bits per heavy atom. The Labute approximate surface area is 96.1 Å². The Hall–Kier alpha value is -1.28. The molecule has 2 heterocycles. The molecular formula is C14H19N2+. The highest BCUT2D eigenvalue weighted by Crippen LogP contribution is 2.33. The number of benzene rings is 1. The summed E-state index contributed by atoms with van der Waals surface area (Å²) in [5, 5.41) is 1.49. The van der Waals surface area contributed by atoms with Gasteiger partial charge in [0.1, 0.15) is 0 Å². The van der Waals surface area contributed by atoms with E-state index in [1.54, 1.807) is 5.56 Å². The van der Waals surface area contributed by atoms with Crippen molar-refractivity contribution in [1.29, 1.82) is 0 Å². The maximum absolute atomic E-state index is 3.94. The zero-order chi connectivity index (χ0) is 11.1. The number of rotatable bonds is 3. The molecule has 0 fully saturated rings. The van der Waals surface area contributed by atoms with Crippen molar-refractivity contribution in [2.24, 2.45) is 0 Å². The second kappa shape index (κ2) is 3.63. The van der Waals surface area contributed by atoms with E-state index in [4.69, 9.17) is 0 Å². The van der Waals surface area contributed by atoms with Crippen molar-refractivity contribution in [3.05, 3.63) is 35.0 Å². The summed E-state index contributed by atoms with van der Waals surface area (Å²) in [6.07, 6.45) is 3.59. The van der Waals surface area contributed by atoms with Gasteiger partial charge in [-0.25, -0.2) is 0 Å². The van der Waals surface area contributed by atoms with E-state index in [2.05, 4.69) is 35.4 Å². The molecule has 3 rings (SSSR count). The van der Waals surface area contributed by atoms with Crippen molar-refractivity contribution in [2.75, 3.05) is 6.54 Å². The zero-order valence-corrected chi connectivity index (χ0v) is 9.92. The van der Waals surface area contributed by atoms with Gasteiger partial charge < -0.3 is 10.3 Å². The third-order valence-electron chi connectivity index (χ3n) is 3.84. The number of aromatic nitrogens is 1. The monoisotopic (exact) mass is 215 g/mol. The molecule has 2 heteroatoms. The number of aryl methyl sites for hydroxylation is 3. The first-order valence-electron chi connectivity index (χ1n) is 6.21. The van der Waals surface area contributed by atoms with E-state index in [9.17, 15) is 0 Å². The predicted molar refractivity (Wildman–Crippen MR) is 66.5 cm³/mol. The molecule has 2 nitrogen and oxygen atoms in total. The lowest BCUT2D eigenvalue weighted by Crippen LogP contribution is -2.50. The molecule has 16 heavy (non-hydrogen) atoms. The van der Waals surface area contributed by atoms with Gasteiger partial charge in [0.25, 0.3) is 0 Å². The van der Waals surface area contributed by atoms with E-state index >= 15 is 0 Å². The van der Waals surface area contributed by atoms with E-state index in [1.807, 2.05) is 0 Å². The summed E-state index contributed by atoms with van der Waals surface area (Å²) in [7, 11) is 0. The number of nitrogens with zero attached hydrogens (tertiary/aromatic N) is 1. The molecule has 84 valence electrons. The van der Waals surface area contributed by atoms with Crippen molar-refractivity contribution >= 4 is 10.9 Å². The number of hydrogen-bond donors (Lipinski definition) is 1. The van der Waals surface area contributed by atoms with Crippen LogP contribution in [0.5, 0.6) is 0 Å². The maximum atomic E-state index is 3.94. The summed E-state index contributed by atoms with van der Waals surface area (Å²) >= 11 is 0. The van der Waals surface area contributed by atoms with Gasteiger partial charge in [0, 0.05) is 24.0 Å². The van der Waals surface area contributed by atoms with E-state index in [-0.39, 0.29) is 0 Å². The Morgan fingerprint density at radius 2 is 2.25 bits per heavy atom. The average Bonchev–Trinajstić information content (AvgIpc) is 2.83. The first-order chi connectivity index (χ1) is 7.83. The second-order valence-electron chi connectivity index (χ2n) is 4.74. The van der Waals surface area contributed by atoms with E-state index < -0.39 is 0 Å². The van der Waals surface area contributed by atoms with Crippen LogP contribution in [0.1, 0.15) is 23.2 Å². The number of quaternary nitrogens is 1. The lowest BCUT2D eigenvalue weighted by atomic mass is 10.0. The highest BCUT2D eigenvalue weighted by atomic mass is 15.0. The molecule has 0 saturated carbocycles. The summed E-state index contributed by atoms with van der Waals surface area (Å²) in [5.41, 5.74) is 10.0. The quantitative estimate of drug-likeness (QED) is 0.808. The fourth-order valence-electron chi connectivity index (χ4n) is 3.01. The standard InChI is InChI=1S/C14H18N2/c1-10-12(6-3-8-15)13-5-2-4-11-7-9-16(10)14(11)13/h2,4-5H,3,6-9,15H2,1H3/p+1. The summed E-state index contributed by atoms with van der Waals surface area (Å²) in [5.74, 6) is 0. The molecule has 0 aliphatic carbocycles. The summed E-state index contributed by atoms with van der Waals surface area (Å²) in [6.45, 7) is 4.48. The van der Waals surface area contributed by atoms with Crippen LogP contribution in [0.15, 0.2) is 18.2 Å². The topological polar surface area (TPSA) is 32.6 Å². The predicted octanol–water partition coefficient (Wildman–Crippen LogP) is 1.68. The SMILES string of the molecule is Cc1c(CCC[NH3+])c2cccc3c2n1CC3. The molecule has 0 spiro atoms. The maximum Gasteiger partial charge on any atom is 0.0743 e. The van der Waals surface area contributed by atoms with Crippen molar-refractivity contribution in [1.82, 2.24) is 4.57 Å². The average molecular weight is 215 g/mol. The van der Waals surface area contributed by atoms with E-state index in [0.29, 0.717) is 0 Å². The molecule has 0 radical (unpaired) electrons. The van der Waals surface area contributed by atoms with Crippen LogP contribution < -0.4 is 5.73 Å². The normalized spacial score (nSPS) is 13.9. The van der Waals surface area contributed by atoms with Crippen LogP contribution in [0.25, 0.3) is 10.9 Å². The van der Waals surface area contributed by atoms with Gasteiger partial charge >= 0.3 is 0 Å². The molecule has 0 unspecified atom stereocenters. The molecule has 0 atom stereocenters. The third kappa shape index (κ3) is 1.23. The first-order valence-corrected chi connectivity index (χ1v) is 6.21. The van der Waals surface area contributed by atoms with Gasteiger partial charge in [-0.1, -0.05) is 18.2 Å². The lowest BCUT2D eigenvalue weighted by Gasteiger charge is -2.03. The Balaban J connectivity index is 2.22. The minimum absolute atomic E-state index is 1.03. The molecule has 3 N–H and O–H groups in total. The highest BCUT2D eigenvalue weighted by Gasteiger charge is 2.20. The summed E-state index contributed by atoms with van der Waals surface area (Å²) in [4.78, 5) is 0. The smallest absolute Gasteiger partial charge is 0.0743 e. The molecule has 1 aromatic heterocycles. The number of para-hydroxylation sites is 1. The Kier molecular flexibility index (Phi) is 2.25. The van der Waals surface area contributed by atoms with E-state index in [0.717, 1.165) is 6.54 Å². The Morgan fingerprint density at radius 1 is 1.38 bits per heavy atom. The van der Waals surface area contributed by atoms with Gasteiger partial charge in [-0.3, -0.25) is 0 Å². The van der Waals surface area contributed by atoms with Crippen LogP contribution in [0, 0.1) is 6.92 Å².